The fraction of sp³-hybridized carbons (Fsp3) is 0.441. The van der Waals surface area contributed by atoms with Gasteiger partial charge in [-0.05, 0) is 53.6 Å². The molecular weight excluding hydrogens is 517 g/mol. The van der Waals surface area contributed by atoms with Crippen molar-refractivity contribution in [3.05, 3.63) is 108 Å². The smallest absolute Gasteiger partial charge is 0.306 e. The molecule has 0 aliphatic heterocycles. The number of hydrogen-bond donors (Lipinski definition) is 1. The van der Waals surface area contributed by atoms with E-state index in [2.05, 4.69) is 139 Å². The predicted octanol–water partition coefficient (Wildman–Crippen LogP) is 9.24. The van der Waals surface area contributed by atoms with E-state index in [-0.39, 0.29) is 11.1 Å². The summed E-state index contributed by atoms with van der Waals surface area (Å²) in [6.45, 7) is 15.5. The number of hydrogen-bond acceptors (Lipinski definition) is 3. The van der Waals surface area contributed by atoms with Crippen LogP contribution >= 0.6 is 11.8 Å². The summed E-state index contributed by atoms with van der Waals surface area (Å²) in [5.41, 5.74) is 3.61. The number of thioether (sulfide) groups is 1. The minimum Gasteiger partial charge on any atom is -0.481 e. The number of carboxylic acid groups (broad SMARTS) is 1. The summed E-state index contributed by atoms with van der Waals surface area (Å²) in [5, 5.41) is 10.2. The van der Waals surface area contributed by atoms with Gasteiger partial charge in [-0.15, -0.1) is 11.8 Å². The molecule has 3 nitrogen and oxygen atoms in total. The fourth-order valence-electron chi connectivity index (χ4n) is 4.91. The van der Waals surface area contributed by atoms with Crippen molar-refractivity contribution in [2.75, 3.05) is 5.75 Å². The van der Waals surface area contributed by atoms with Crippen molar-refractivity contribution in [1.29, 1.82) is 0 Å². The Balaban J connectivity index is 2.10. The summed E-state index contributed by atoms with van der Waals surface area (Å²) in [6.07, 6.45) is 0.992. The molecule has 0 aliphatic carbocycles. The Morgan fingerprint density at radius 3 is 1.54 bits per heavy atom. The minimum atomic E-state index is -2.15. The van der Waals surface area contributed by atoms with Crippen molar-refractivity contribution in [2.24, 2.45) is 11.8 Å². The summed E-state index contributed by atoms with van der Waals surface area (Å²) >= 11 is 1.86. The monoisotopic (exact) mass is 562 g/mol. The van der Waals surface area contributed by atoms with Crippen molar-refractivity contribution in [2.45, 2.75) is 76.4 Å². The van der Waals surface area contributed by atoms with E-state index < -0.39 is 25.0 Å². The average Bonchev–Trinajstić information content (AvgIpc) is 2.89. The lowest BCUT2D eigenvalue weighted by atomic mass is 9.84. The highest BCUT2D eigenvalue weighted by molar-refractivity contribution is 8.00. The molecule has 0 aliphatic rings. The summed E-state index contributed by atoms with van der Waals surface area (Å²) in [7, 11) is -2.15. The SMILES string of the molecule is CC(C)C[C@H](C[C@H](CSC(c1ccccc1)(c1ccccc1)c1ccccc1)O[Si](C)(C)C(C)(C)C)C(=O)O. The van der Waals surface area contributed by atoms with Crippen molar-refractivity contribution in [1.82, 2.24) is 0 Å². The highest BCUT2D eigenvalue weighted by atomic mass is 32.2. The molecule has 39 heavy (non-hydrogen) atoms. The van der Waals surface area contributed by atoms with Crippen LogP contribution in [-0.2, 0) is 14.0 Å². The molecule has 5 heteroatoms. The Bertz CT molecular complexity index is 1060. The van der Waals surface area contributed by atoms with Gasteiger partial charge in [0.1, 0.15) is 0 Å². The van der Waals surface area contributed by atoms with Gasteiger partial charge in [0.05, 0.1) is 16.8 Å². The van der Waals surface area contributed by atoms with Crippen molar-refractivity contribution in [3.8, 4) is 0 Å². The molecule has 3 aromatic carbocycles. The normalized spacial score (nSPS) is 14.3. The van der Waals surface area contributed by atoms with Gasteiger partial charge in [0.15, 0.2) is 8.32 Å². The van der Waals surface area contributed by atoms with Crippen LogP contribution in [0, 0.1) is 11.8 Å². The lowest BCUT2D eigenvalue weighted by Crippen LogP contribution is -2.45. The predicted molar refractivity (Wildman–Crippen MR) is 169 cm³/mol. The Hall–Kier alpha value is -2.34. The first-order valence-electron chi connectivity index (χ1n) is 14.1. The lowest BCUT2D eigenvalue weighted by molar-refractivity contribution is -0.143. The number of rotatable bonds is 13. The standard InChI is InChI=1S/C34H46O3SSi/c1-26(2)23-27(32(35)36)24-31(37-39(6,7)33(3,4)5)25-38-34(28-17-11-8-12-18-28,29-19-13-9-14-20-29)30-21-15-10-16-22-30/h8-22,26-27,31H,23-25H2,1-7H3,(H,35,36)/t27-,31-/m1/s1. The van der Waals surface area contributed by atoms with E-state index >= 15 is 0 Å². The number of benzene rings is 3. The van der Waals surface area contributed by atoms with Crippen LogP contribution in [0.4, 0.5) is 0 Å². The molecule has 210 valence electrons. The van der Waals surface area contributed by atoms with Crippen LogP contribution in [0.1, 0.15) is 64.2 Å². The molecule has 2 atom stereocenters. The van der Waals surface area contributed by atoms with Crippen LogP contribution in [0.15, 0.2) is 91.0 Å². The second-order valence-electron chi connectivity index (χ2n) is 12.5. The van der Waals surface area contributed by atoms with E-state index in [0.717, 1.165) is 0 Å². The molecule has 3 rings (SSSR count). The molecule has 0 saturated heterocycles. The van der Waals surface area contributed by atoms with E-state index in [1.807, 2.05) is 11.8 Å². The first-order chi connectivity index (χ1) is 18.4. The maximum absolute atomic E-state index is 12.3. The van der Waals surface area contributed by atoms with Gasteiger partial charge in [0, 0.05) is 5.75 Å². The summed E-state index contributed by atoms with van der Waals surface area (Å²) in [6, 6.07) is 32.0. The van der Waals surface area contributed by atoms with E-state index in [4.69, 9.17) is 4.43 Å². The molecule has 0 aromatic heterocycles. The zero-order valence-corrected chi connectivity index (χ0v) is 26.5. The van der Waals surface area contributed by atoms with Crippen molar-refractivity contribution < 1.29 is 14.3 Å². The molecule has 0 unspecified atom stereocenters. The summed E-state index contributed by atoms with van der Waals surface area (Å²) in [4.78, 5) is 12.3. The quantitative estimate of drug-likeness (QED) is 0.167. The van der Waals surface area contributed by atoms with E-state index in [9.17, 15) is 9.90 Å². The van der Waals surface area contributed by atoms with Crippen LogP contribution in [0.5, 0.6) is 0 Å². The second kappa shape index (κ2) is 13.3. The highest BCUT2D eigenvalue weighted by Crippen LogP contribution is 2.49. The topological polar surface area (TPSA) is 46.5 Å². The Morgan fingerprint density at radius 2 is 1.21 bits per heavy atom. The molecule has 0 spiro atoms. The lowest BCUT2D eigenvalue weighted by Gasteiger charge is -2.41. The summed E-state index contributed by atoms with van der Waals surface area (Å²) in [5.74, 6) is -0.158. The first kappa shape index (κ1) is 31.2. The van der Waals surface area contributed by atoms with Gasteiger partial charge in [-0.25, -0.2) is 0 Å². The number of aliphatic carboxylic acids is 1. The molecule has 0 radical (unpaired) electrons. The number of carbonyl (C=O) groups is 1. The molecule has 3 aromatic rings. The maximum atomic E-state index is 12.3. The van der Waals surface area contributed by atoms with Gasteiger partial charge in [-0.2, -0.15) is 0 Å². The Kier molecular flexibility index (Phi) is 10.7. The molecular formula is C34H46O3SSi. The fourth-order valence-corrected chi connectivity index (χ4v) is 7.95. The minimum absolute atomic E-state index is 0.0298. The van der Waals surface area contributed by atoms with E-state index in [1.165, 1.54) is 16.7 Å². The Labute approximate surface area is 241 Å². The zero-order chi connectivity index (χ0) is 28.7. The molecule has 0 fully saturated rings. The molecule has 0 bridgehead atoms. The van der Waals surface area contributed by atoms with Crippen LogP contribution in [0.3, 0.4) is 0 Å². The molecule has 0 saturated carbocycles. The first-order valence-corrected chi connectivity index (χ1v) is 18.0. The third kappa shape index (κ3) is 7.87. The Morgan fingerprint density at radius 1 is 0.795 bits per heavy atom. The van der Waals surface area contributed by atoms with Gasteiger partial charge in [-0.3, -0.25) is 4.79 Å². The zero-order valence-electron chi connectivity index (χ0n) is 24.7. The van der Waals surface area contributed by atoms with Crippen LogP contribution in [0.25, 0.3) is 0 Å². The van der Waals surface area contributed by atoms with Gasteiger partial charge in [0.2, 0.25) is 0 Å². The van der Waals surface area contributed by atoms with E-state index in [0.29, 0.717) is 24.5 Å². The second-order valence-corrected chi connectivity index (χ2v) is 18.5. The van der Waals surface area contributed by atoms with Crippen molar-refractivity contribution in [3.63, 3.8) is 0 Å². The van der Waals surface area contributed by atoms with Gasteiger partial charge < -0.3 is 9.53 Å². The maximum Gasteiger partial charge on any atom is 0.306 e. The van der Waals surface area contributed by atoms with Crippen LogP contribution in [0.2, 0.25) is 18.1 Å². The third-order valence-corrected chi connectivity index (χ3v) is 14.2. The van der Waals surface area contributed by atoms with Gasteiger partial charge in [-0.1, -0.05) is 126 Å². The van der Waals surface area contributed by atoms with Crippen LogP contribution in [-0.4, -0.2) is 31.3 Å². The van der Waals surface area contributed by atoms with E-state index in [1.54, 1.807) is 0 Å². The molecule has 1 N–H and O–H groups in total. The van der Waals surface area contributed by atoms with Gasteiger partial charge >= 0.3 is 5.97 Å². The molecule has 0 heterocycles. The van der Waals surface area contributed by atoms with Crippen LogP contribution < -0.4 is 0 Å². The van der Waals surface area contributed by atoms with Crippen molar-refractivity contribution >= 4 is 26.0 Å². The largest absolute Gasteiger partial charge is 0.481 e. The number of carboxylic acids is 1. The van der Waals surface area contributed by atoms with Gasteiger partial charge in [0.25, 0.3) is 0 Å². The third-order valence-electron chi connectivity index (χ3n) is 7.95. The summed E-state index contributed by atoms with van der Waals surface area (Å²) < 4.78 is 6.56. The highest BCUT2D eigenvalue weighted by Gasteiger charge is 2.42. The molecule has 0 amide bonds. The average molecular weight is 563 g/mol.